The number of carbonyl (C=O) groups is 1. The van der Waals surface area contributed by atoms with E-state index in [2.05, 4.69) is 37.2 Å². The van der Waals surface area contributed by atoms with Crippen LogP contribution in [0.5, 0.6) is 5.75 Å². The summed E-state index contributed by atoms with van der Waals surface area (Å²) in [6, 6.07) is 9.68. The fraction of sp³-hybridized carbons (Fsp3) is 0. The highest BCUT2D eigenvalue weighted by atomic mass is 79.9. The molecule has 0 unspecified atom stereocenters. The number of amides is 1. The summed E-state index contributed by atoms with van der Waals surface area (Å²) in [5.41, 5.74) is 0.731. The van der Waals surface area contributed by atoms with Crippen LogP contribution in [-0.2, 0) is 0 Å². The van der Waals surface area contributed by atoms with Crippen LogP contribution in [-0.4, -0.2) is 11.0 Å². The van der Waals surface area contributed by atoms with Gasteiger partial charge in [0.2, 0.25) is 0 Å². The molecule has 2 aromatic rings. The summed E-state index contributed by atoms with van der Waals surface area (Å²) in [5, 5.41) is 12.7. The van der Waals surface area contributed by atoms with Crippen LogP contribution in [0.4, 0.5) is 5.69 Å². The van der Waals surface area contributed by atoms with Crippen LogP contribution in [0, 0.1) is 0 Å². The second-order valence-corrected chi connectivity index (χ2v) is 6.04. The Balaban J connectivity index is 2.28. The van der Waals surface area contributed by atoms with Crippen molar-refractivity contribution < 1.29 is 9.90 Å². The number of rotatable bonds is 2. The molecular formula is C13H8Br2ClNO2. The van der Waals surface area contributed by atoms with E-state index < -0.39 is 5.91 Å². The first kappa shape index (κ1) is 14.4. The summed E-state index contributed by atoms with van der Waals surface area (Å²) >= 11 is 12.5. The molecule has 0 fully saturated rings. The Bertz CT molecular complexity index is 626. The van der Waals surface area contributed by atoms with E-state index in [4.69, 9.17) is 11.6 Å². The van der Waals surface area contributed by atoms with E-state index in [0.29, 0.717) is 10.7 Å². The van der Waals surface area contributed by atoms with Gasteiger partial charge in [0.25, 0.3) is 5.91 Å². The van der Waals surface area contributed by atoms with Gasteiger partial charge in [0.1, 0.15) is 5.75 Å². The number of nitrogens with one attached hydrogen (secondary N) is 1. The summed E-state index contributed by atoms with van der Waals surface area (Å²) < 4.78 is 1.65. The maximum Gasteiger partial charge on any atom is 0.259 e. The predicted octanol–water partition coefficient (Wildman–Crippen LogP) is 4.82. The SMILES string of the molecule is O=C(Nc1cc(Br)cc(Br)c1)c1cc(Cl)ccc1O. The van der Waals surface area contributed by atoms with Crippen molar-refractivity contribution in [2.24, 2.45) is 0 Å². The maximum absolute atomic E-state index is 12.0. The molecule has 2 N–H and O–H groups in total. The fourth-order valence-corrected chi connectivity index (χ4v) is 2.98. The topological polar surface area (TPSA) is 49.3 Å². The average Bonchev–Trinajstić information content (AvgIpc) is 2.30. The summed E-state index contributed by atoms with van der Waals surface area (Å²) in [6.07, 6.45) is 0. The molecule has 0 radical (unpaired) electrons. The lowest BCUT2D eigenvalue weighted by atomic mass is 10.2. The first-order valence-electron chi connectivity index (χ1n) is 5.21. The molecular weight excluding hydrogens is 397 g/mol. The normalized spacial score (nSPS) is 10.3. The van der Waals surface area contributed by atoms with Crippen LogP contribution in [0.25, 0.3) is 0 Å². The van der Waals surface area contributed by atoms with E-state index in [9.17, 15) is 9.90 Å². The van der Waals surface area contributed by atoms with Gasteiger partial charge >= 0.3 is 0 Å². The van der Waals surface area contributed by atoms with Gasteiger partial charge in [-0.15, -0.1) is 0 Å². The third-order valence-electron chi connectivity index (χ3n) is 2.32. The van der Waals surface area contributed by atoms with Crippen molar-refractivity contribution in [3.05, 3.63) is 55.9 Å². The molecule has 0 aromatic heterocycles. The lowest BCUT2D eigenvalue weighted by Crippen LogP contribution is -2.12. The zero-order chi connectivity index (χ0) is 14.0. The number of hydrogen-bond donors (Lipinski definition) is 2. The Morgan fingerprint density at radius 3 is 2.37 bits per heavy atom. The Kier molecular flexibility index (Phi) is 4.50. The molecule has 0 aliphatic heterocycles. The number of benzene rings is 2. The van der Waals surface area contributed by atoms with Crippen molar-refractivity contribution in [3.63, 3.8) is 0 Å². The highest BCUT2D eigenvalue weighted by Crippen LogP contribution is 2.26. The van der Waals surface area contributed by atoms with Crippen molar-refractivity contribution in [1.29, 1.82) is 0 Å². The second kappa shape index (κ2) is 5.94. The van der Waals surface area contributed by atoms with E-state index in [0.717, 1.165) is 8.95 Å². The summed E-state index contributed by atoms with van der Waals surface area (Å²) in [6.45, 7) is 0. The van der Waals surface area contributed by atoms with Crippen LogP contribution < -0.4 is 5.32 Å². The molecule has 3 nitrogen and oxygen atoms in total. The van der Waals surface area contributed by atoms with Crippen molar-refractivity contribution in [2.75, 3.05) is 5.32 Å². The van der Waals surface area contributed by atoms with E-state index in [-0.39, 0.29) is 11.3 Å². The largest absolute Gasteiger partial charge is 0.507 e. The van der Waals surface area contributed by atoms with E-state index in [1.807, 2.05) is 6.07 Å². The van der Waals surface area contributed by atoms with Gasteiger partial charge in [-0.05, 0) is 36.4 Å². The number of phenols is 1. The predicted molar refractivity (Wildman–Crippen MR) is 82.9 cm³/mol. The molecule has 98 valence electrons. The molecule has 6 heteroatoms. The molecule has 1 amide bonds. The molecule has 0 atom stereocenters. The molecule has 0 aliphatic carbocycles. The number of anilines is 1. The Morgan fingerprint density at radius 2 is 1.74 bits per heavy atom. The van der Waals surface area contributed by atoms with Crippen molar-refractivity contribution in [2.45, 2.75) is 0 Å². The monoisotopic (exact) mass is 403 g/mol. The molecule has 0 saturated heterocycles. The summed E-state index contributed by atoms with van der Waals surface area (Å²) in [5.74, 6) is -0.541. The molecule has 2 rings (SSSR count). The van der Waals surface area contributed by atoms with E-state index in [1.54, 1.807) is 12.1 Å². The quantitative estimate of drug-likeness (QED) is 0.752. The Morgan fingerprint density at radius 1 is 1.11 bits per heavy atom. The second-order valence-electron chi connectivity index (χ2n) is 3.77. The lowest BCUT2D eigenvalue weighted by Gasteiger charge is -2.08. The van der Waals surface area contributed by atoms with Gasteiger partial charge < -0.3 is 10.4 Å². The van der Waals surface area contributed by atoms with Gasteiger partial charge in [-0.1, -0.05) is 43.5 Å². The van der Waals surface area contributed by atoms with Crippen LogP contribution in [0.2, 0.25) is 5.02 Å². The third-order valence-corrected chi connectivity index (χ3v) is 3.47. The lowest BCUT2D eigenvalue weighted by molar-refractivity contribution is 0.102. The smallest absolute Gasteiger partial charge is 0.259 e. The van der Waals surface area contributed by atoms with Gasteiger partial charge in [-0.3, -0.25) is 4.79 Å². The zero-order valence-corrected chi connectivity index (χ0v) is 13.4. The average molecular weight is 405 g/mol. The minimum absolute atomic E-state index is 0.115. The highest BCUT2D eigenvalue weighted by Gasteiger charge is 2.12. The number of hydrogen-bond acceptors (Lipinski definition) is 2. The van der Waals surface area contributed by atoms with Crippen LogP contribution in [0.15, 0.2) is 45.3 Å². The molecule has 0 saturated carbocycles. The zero-order valence-electron chi connectivity index (χ0n) is 9.45. The van der Waals surface area contributed by atoms with Gasteiger partial charge in [-0.25, -0.2) is 0 Å². The minimum atomic E-state index is -0.426. The number of phenolic OH excluding ortho intramolecular Hbond substituents is 1. The standard InChI is InChI=1S/C13H8Br2ClNO2/c14-7-3-8(15)5-10(4-7)17-13(19)11-6-9(16)1-2-12(11)18/h1-6,18H,(H,17,19). The summed E-state index contributed by atoms with van der Waals surface area (Å²) in [4.78, 5) is 12.0. The van der Waals surface area contributed by atoms with Crippen molar-refractivity contribution in [3.8, 4) is 5.75 Å². The first-order valence-corrected chi connectivity index (χ1v) is 7.18. The number of carbonyl (C=O) groups excluding carboxylic acids is 1. The molecule has 19 heavy (non-hydrogen) atoms. The van der Waals surface area contributed by atoms with E-state index in [1.165, 1.54) is 18.2 Å². The highest BCUT2D eigenvalue weighted by molar-refractivity contribution is 9.11. The van der Waals surface area contributed by atoms with Gasteiger partial charge in [0, 0.05) is 19.7 Å². The number of aromatic hydroxyl groups is 1. The Hall–Kier alpha value is -1.04. The minimum Gasteiger partial charge on any atom is -0.507 e. The first-order chi connectivity index (χ1) is 8.95. The van der Waals surface area contributed by atoms with Gasteiger partial charge in [0.05, 0.1) is 5.56 Å². The molecule has 2 aromatic carbocycles. The van der Waals surface area contributed by atoms with Crippen LogP contribution in [0.3, 0.4) is 0 Å². The Labute approximate surface area is 131 Å². The van der Waals surface area contributed by atoms with Crippen LogP contribution in [0.1, 0.15) is 10.4 Å². The maximum atomic E-state index is 12.0. The molecule has 0 bridgehead atoms. The van der Waals surface area contributed by atoms with Crippen molar-refractivity contribution in [1.82, 2.24) is 0 Å². The summed E-state index contributed by atoms with van der Waals surface area (Å²) in [7, 11) is 0. The van der Waals surface area contributed by atoms with Crippen molar-refractivity contribution >= 4 is 55.1 Å². The van der Waals surface area contributed by atoms with E-state index >= 15 is 0 Å². The van der Waals surface area contributed by atoms with Gasteiger partial charge in [0.15, 0.2) is 0 Å². The van der Waals surface area contributed by atoms with Gasteiger partial charge in [-0.2, -0.15) is 0 Å². The van der Waals surface area contributed by atoms with Crippen LogP contribution >= 0.6 is 43.5 Å². The number of halogens is 3. The third kappa shape index (κ3) is 3.72. The molecule has 0 spiro atoms. The fourth-order valence-electron chi connectivity index (χ4n) is 1.51. The molecule has 0 heterocycles. The molecule has 0 aliphatic rings.